The van der Waals surface area contributed by atoms with Crippen molar-refractivity contribution < 1.29 is 10.0 Å². The first-order valence-electron chi connectivity index (χ1n) is 7.32. The molecule has 0 unspecified atom stereocenters. The third-order valence-electron chi connectivity index (χ3n) is 3.69. The van der Waals surface area contributed by atoms with Crippen molar-refractivity contribution in [2.24, 2.45) is 5.10 Å². The van der Waals surface area contributed by atoms with Crippen LogP contribution in [0, 0.1) is 10.1 Å². The summed E-state index contributed by atoms with van der Waals surface area (Å²) in [6, 6.07) is 13.0. The molecule has 124 valence electrons. The number of phenols is 1. The summed E-state index contributed by atoms with van der Waals surface area (Å²) in [4.78, 5) is 10.5. The SMILES string of the molecule is O=[N+]([O-])c1cccc(C2=Nn3c(nnc3-c3ccc(O)cc3)SC2)c1. The van der Waals surface area contributed by atoms with E-state index in [9.17, 15) is 15.2 Å². The Morgan fingerprint density at radius 3 is 2.68 bits per heavy atom. The lowest BCUT2D eigenvalue weighted by atomic mass is 10.1. The number of rotatable bonds is 3. The molecule has 1 aliphatic rings. The number of benzene rings is 2. The minimum Gasteiger partial charge on any atom is -0.508 e. The van der Waals surface area contributed by atoms with Crippen LogP contribution in [0.15, 0.2) is 58.8 Å². The maximum atomic E-state index is 11.0. The number of non-ortho nitro benzene ring substituents is 1. The Morgan fingerprint density at radius 2 is 1.92 bits per heavy atom. The summed E-state index contributed by atoms with van der Waals surface area (Å²) in [5.74, 6) is 1.26. The standard InChI is InChI=1S/C16H11N5O3S/c22-13-6-4-10(5-7-13)15-17-18-16-20(15)19-14(9-25-16)11-2-1-3-12(8-11)21(23)24/h1-8,22H,9H2. The lowest BCUT2D eigenvalue weighted by molar-refractivity contribution is -0.384. The predicted molar refractivity (Wildman–Crippen MR) is 92.9 cm³/mol. The zero-order valence-electron chi connectivity index (χ0n) is 12.7. The minimum absolute atomic E-state index is 0.0264. The summed E-state index contributed by atoms with van der Waals surface area (Å²) in [6.45, 7) is 0. The smallest absolute Gasteiger partial charge is 0.270 e. The van der Waals surface area contributed by atoms with Crippen LogP contribution in [0.5, 0.6) is 5.75 Å². The van der Waals surface area contributed by atoms with E-state index in [1.807, 2.05) is 0 Å². The molecule has 0 saturated carbocycles. The lowest BCUT2D eigenvalue weighted by Crippen LogP contribution is -2.14. The Bertz CT molecular complexity index is 997. The normalized spacial score (nSPS) is 13.2. The first kappa shape index (κ1) is 15.3. The molecule has 2 heterocycles. The van der Waals surface area contributed by atoms with E-state index in [1.54, 1.807) is 41.1 Å². The molecular formula is C16H11N5O3S. The van der Waals surface area contributed by atoms with Crippen LogP contribution in [0.4, 0.5) is 5.69 Å². The average Bonchev–Trinajstić information content (AvgIpc) is 3.05. The van der Waals surface area contributed by atoms with Crippen LogP contribution in [0.1, 0.15) is 5.56 Å². The zero-order chi connectivity index (χ0) is 17.4. The molecule has 9 heteroatoms. The molecule has 0 bridgehead atoms. The minimum atomic E-state index is -0.425. The predicted octanol–water partition coefficient (Wildman–Crippen LogP) is 2.92. The van der Waals surface area contributed by atoms with Crippen LogP contribution in [0.2, 0.25) is 0 Å². The first-order chi connectivity index (χ1) is 12.1. The third kappa shape index (κ3) is 2.85. The number of fused-ring (bicyclic) bond motifs is 1. The number of thioether (sulfide) groups is 1. The van der Waals surface area contributed by atoms with E-state index in [1.165, 1.54) is 23.9 Å². The lowest BCUT2D eigenvalue weighted by Gasteiger charge is -2.13. The van der Waals surface area contributed by atoms with Gasteiger partial charge in [-0.3, -0.25) is 10.1 Å². The van der Waals surface area contributed by atoms with Gasteiger partial charge in [-0.2, -0.15) is 9.78 Å². The zero-order valence-corrected chi connectivity index (χ0v) is 13.6. The Labute approximate surface area is 146 Å². The van der Waals surface area contributed by atoms with Crippen LogP contribution in [0.3, 0.4) is 0 Å². The molecule has 0 amide bonds. The molecule has 1 aromatic heterocycles. The van der Waals surface area contributed by atoms with Gasteiger partial charge < -0.3 is 5.11 Å². The van der Waals surface area contributed by atoms with Crippen LogP contribution in [-0.4, -0.2) is 36.4 Å². The molecule has 1 N–H and O–H groups in total. The number of phenolic OH excluding ortho intramolecular Hbond substituents is 1. The largest absolute Gasteiger partial charge is 0.508 e. The number of hydrogen-bond donors (Lipinski definition) is 1. The Morgan fingerprint density at radius 1 is 1.12 bits per heavy atom. The highest BCUT2D eigenvalue weighted by molar-refractivity contribution is 7.99. The number of hydrogen-bond acceptors (Lipinski definition) is 7. The molecule has 0 fully saturated rings. The van der Waals surface area contributed by atoms with E-state index in [4.69, 9.17) is 0 Å². The highest BCUT2D eigenvalue weighted by Crippen LogP contribution is 2.29. The summed E-state index contributed by atoms with van der Waals surface area (Å²) < 4.78 is 1.62. The van der Waals surface area contributed by atoms with E-state index in [-0.39, 0.29) is 11.4 Å². The molecule has 8 nitrogen and oxygen atoms in total. The van der Waals surface area contributed by atoms with E-state index < -0.39 is 4.92 Å². The Hall–Kier alpha value is -3.20. The van der Waals surface area contributed by atoms with Crippen molar-refractivity contribution in [1.29, 1.82) is 0 Å². The number of nitrogens with zero attached hydrogens (tertiary/aromatic N) is 5. The summed E-state index contributed by atoms with van der Waals surface area (Å²) in [6.07, 6.45) is 0. The number of aromatic nitrogens is 3. The second-order valence-electron chi connectivity index (χ2n) is 5.31. The summed E-state index contributed by atoms with van der Waals surface area (Å²) in [5.41, 5.74) is 2.19. The number of aromatic hydroxyl groups is 1. The van der Waals surface area contributed by atoms with Gasteiger partial charge in [-0.1, -0.05) is 23.9 Å². The fourth-order valence-corrected chi connectivity index (χ4v) is 3.30. The highest BCUT2D eigenvalue weighted by atomic mass is 32.2. The van der Waals surface area contributed by atoms with Crippen molar-refractivity contribution in [3.63, 3.8) is 0 Å². The van der Waals surface area contributed by atoms with Gasteiger partial charge >= 0.3 is 0 Å². The molecule has 1 aliphatic heterocycles. The van der Waals surface area contributed by atoms with Gasteiger partial charge in [-0.15, -0.1) is 10.2 Å². The van der Waals surface area contributed by atoms with Gasteiger partial charge in [-0.25, -0.2) is 0 Å². The van der Waals surface area contributed by atoms with Gasteiger partial charge in [0.1, 0.15) is 5.75 Å². The maximum Gasteiger partial charge on any atom is 0.270 e. The summed E-state index contributed by atoms with van der Waals surface area (Å²) in [7, 11) is 0. The second-order valence-corrected chi connectivity index (χ2v) is 6.25. The molecule has 3 aromatic rings. The number of nitro benzene ring substituents is 1. The molecule has 0 saturated heterocycles. The average molecular weight is 353 g/mol. The topological polar surface area (TPSA) is 106 Å². The fourth-order valence-electron chi connectivity index (χ4n) is 2.46. The molecule has 0 atom stereocenters. The van der Waals surface area contributed by atoms with Crippen molar-refractivity contribution in [3.8, 4) is 17.1 Å². The van der Waals surface area contributed by atoms with Crippen LogP contribution >= 0.6 is 11.8 Å². The first-order valence-corrected chi connectivity index (χ1v) is 8.31. The van der Waals surface area contributed by atoms with Gasteiger partial charge in [0.25, 0.3) is 5.69 Å². The molecular weight excluding hydrogens is 342 g/mol. The third-order valence-corrected chi connectivity index (χ3v) is 4.62. The molecule has 2 aromatic carbocycles. The monoisotopic (exact) mass is 353 g/mol. The maximum absolute atomic E-state index is 11.0. The molecule has 0 aliphatic carbocycles. The highest BCUT2D eigenvalue weighted by Gasteiger charge is 2.21. The number of nitro groups is 1. The summed E-state index contributed by atoms with van der Waals surface area (Å²) >= 11 is 1.46. The van der Waals surface area contributed by atoms with Gasteiger partial charge in [0.15, 0.2) is 5.82 Å². The molecule has 0 spiro atoms. The van der Waals surface area contributed by atoms with Gasteiger partial charge in [0, 0.05) is 29.0 Å². The summed E-state index contributed by atoms with van der Waals surface area (Å²) in [5, 5.41) is 33.9. The van der Waals surface area contributed by atoms with Crippen molar-refractivity contribution in [1.82, 2.24) is 14.9 Å². The molecule has 25 heavy (non-hydrogen) atoms. The van der Waals surface area contributed by atoms with Gasteiger partial charge in [0.2, 0.25) is 5.16 Å². The van der Waals surface area contributed by atoms with Crippen molar-refractivity contribution in [2.45, 2.75) is 5.16 Å². The molecule has 0 radical (unpaired) electrons. The quantitative estimate of drug-likeness (QED) is 0.573. The van der Waals surface area contributed by atoms with Crippen LogP contribution < -0.4 is 0 Å². The van der Waals surface area contributed by atoms with Crippen molar-refractivity contribution in [2.75, 3.05) is 5.75 Å². The van der Waals surface area contributed by atoms with Crippen molar-refractivity contribution in [3.05, 3.63) is 64.2 Å². The van der Waals surface area contributed by atoms with E-state index in [2.05, 4.69) is 15.3 Å². The Kier molecular flexibility index (Phi) is 3.69. The molecule has 4 rings (SSSR count). The van der Waals surface area contributed by atoms with Gasteiger partial charge in [0.05, 0.1) is 10.6 Å². The fraction of sp³-hybridized carbons (Fsp3) is 0.0625. The van der Waals surface area contributed by atoms with Gasteiger partial charge in [-0.05, 0) is 24.3 Å². The van der Waals surface area contributed by atoms with E-state index in [0.29, 0.717) is 28.0 Å². The van der Waals surface area contributed by atoms with Crippen LogP contribution in [0.25, 0.3) is 11.4 Å². The second kappa shape index (κ2) is 6.02. The van der Waals surface area contributed by atoms with Crippen molar-refractivity contribution >= 4 is 23.2 Å². The van der Waals surface area contributed by atoms with E-state index >= 15 is 0 Å². The Balaban J connectivity index is 1.77. The van der Waals surface area contributed by atoms with Crippen LogP contribution in [-0.2, 0) is 0 Å². The van der Waals surface area contributed by atoms with E-state index in [0.717, 1.165) is 5.56 Å².